The number of sulfonamides is 1. The smallest absolute Gasteiger partial charge is 0.264 e. The molecule has 0 bridgehead atoms. The zero-order valence-corrected chi connectivity index (χ0v) is 21.1. The molecule has 1 heterocycles. The van der Waals surface area contributed by atoms with Gasteiger partial charge in [0.25, 0.3) is 15.9 Å². The molecule has 0 unspecified atom stereocenters. The Balaban J connectivity index is 1.66. The fourth-order valence-electron chi connectivity index (χ4n) is 3.87. The number of carbonyl (C=O) groups excluding carboxylic acids is 1. The van der Waals surface area contributed by atoms with Gasteiger partial charge in [-0.15, -0.1) is 0 Å². The van der Waals surface area contributed by atoms with Crippen molar-refractivity contribution in [3.05, 3.63) is 100 Å². The highest BCUT2D eigenvalue weighted by molar-refractivity contribution is 7.92. The molecule has 36 heavy (non-hydrogen) atoms. The number of ether oxygens (including phenoxy) is 1. The molecule has 0 fully saturated rings. The van der Waals surface area contributed by atoms with E-state index in [-0.39, 0.29) is 15.8 Å². The second-order valence-corrected chi connectivity index (χ2v) is 10.3. The van der Waals surface area contributed by atoms with Gasteiger partial charge in [0.15, 0.2) is 0 Å². The minimum absolute atomic E-state index is 0.0564. The summed E-state index contributed by atoms with van der Waals surface area (Å²) >= 11 is 0. The van der Waals surface area contributed by atoms with Gasteiger partial charge in [0, 0.05) is 37.7 Å². The standard InChI is InChI=1S/C27H27N3O5S/c1-4-35-21-12-10-20(11-13-21)30(3)36(33,34)22-14-15-25-23(16-22)26(31)24(17-28-25)27(32)29(2)18-19-8-6-5-7-9-19/h5-17H,4,18H2,1-3H3,(H,28,31). The number of aromatic nitrogens is 1. The van der Waals surface area contributed by atoms with Crippen LogP contribution in [-0.2, 0) is 16.6 Å². The molecule has 0 saturated carbocycles. The minimum Gasteiger partial charge on any atom is -0.494 e. The number of nitrogens with one attached hydrogen (secondary N) is 1. The van der Waals surface area contributed by atoms with E-state index in [2.05, 4.69) is 4.98 Å². The van der Waals surface area contributed by atoms with Crippen LogP contribution in [0, 0.1) is 0 Å². The number of nitrogens with zero attached hydrogens (tertiary/aromatic N) is 2. The molecule has 1 aromatic heterocycles. The van der Waals surface area contributed by atoms with Gasteiger partial charge in [-0.05, 0) is 55.0 Å². The zero-order valence-electron chi connectivity index (χ0n) is 20.3. The second kappa shape index (κ2) is 10.2. The van der Waals surface area contributed by atoms with Gasteiger partial charge in [0.05, 0.1) is 17.2 Å². The Bertz CT molecular complexity index is 1550. The van der Waals surface area contributed by atoms with E-state index in [1.807, 2.05) is 37.3 Å². The van der Waals surface area contributed by atoms with Crippen molar-refractivity contribution >= 4 is 32.5 Å². The van der Waals surface area contributed by atoms with Crippen molar-refractivity contribution in [2.24, 2.45) is 0 Å². The number of amides is 1. The Morgan fingerprint density at radius 3 is 2.33 bits per heavy atom. The van der Waals surface area contributed by atoms with Crippen LogP contribution in [-0.4, -0.2) is 44.9 Å². The van der Waals surface area contributed by atoms with E-state index in [1.54, 1.807) is 31.3 Å². The summed E-state index contributed by atoms with van der Waals surface area (Å²) in [7, 11) is -0.912. The molecule has 0 aliphatic heterocycles. The summed E-state index contributed by atoms with van der Waals surface area (Å²) in [6.45, 7) is 2.70. The predicted octanol–water partition coefficient (Wildman–Crippen LogP) is 4.02. The molecule has 0 atom stereocenters. The van der Waals surface area contributed by atoms with E-state index in [9.17, 15) is 18.0 Å². The molecule has 4 aromatic rings. The summed E-state index contributed by atoms with van der Waals surface area (Å²) in [5.74, 6) is 0.181. The van der Waals surface area contributed by atoms with Crippen LogP contribution in [0.2, 0.25) is 0 Å². The van der Waals surface area contributed by atoms with Crippen LogP contribution >= 0.6 is 0 Å². The molecule has 0 aliphatic carbocycles. The predicted molar refractivity (Wildman–Crippen MR) is 140 cm³/mol. The van der Waals surface area contributed by atoms with Crippen molar-refractivity contribution in [3.63, 3.8) is 0 Å². The molecule has 9 heteroatoms. The van der Waals surface area contributed by atoms with Crippen LogP contribution in [0.15, 0.2) is 88.7 Å². The number of carbonyl (C=O) groups is 1. The summed E-state index contributed by atoms with van der Waals surface area (Å²) < 4.78 is 33.2. The quantitative estimate of drug-likeness (QED) is 0.390. The maximum absolute atomic E-state index is 13.3. The number of hydrogen-bond acceptors (Lipinski definition) is 5. The normalized spacial score (nSPS) is 11.3. The van der Waals surface area contributed by atoms with Crippen LogP contribution < -0.4 is 14.5 Å². The van der Waals surface area contributed by atoms with Gasteiger partial charge >= 0.3 is 0 Å². The Morgan fingerprint density at radius 2 is 1.67 bits per heavy atom. The Hall–Kier alpha value is -4.11. The average molecular weight is 506 g/mol. The second-order valence-electron chi connectivity index (χ2n) is 8.29. The van der Waals surface area contributed by atoms with Crippen molar-refractivity contribution < 1.29 is 17.9 Å². The van der Waals surface area contributed by atoms with Gasteiger partial charge in [-0.3, -0.25) is 13.9 Å². The lowest BCUT2D eigenvalue weighted by atomic mass is 10.1. The Labute approximate surface area is 209 Å². The lowest BCUT2D eigenvalue weighted by Crippen LogP contribution is -2.31. The fraction of sp³-hybridized carbons (Fsp3) is 0.185. The molecule has 4 rings (SSSR count). The Morgan fingerprint density at radius 1 is 0.972 bits per heavy atom. The number of rotatable bonds is 8. The molecule has 0 radical (unpaired) electrons. The highest BCUT2D eigenvalue weighted by atomic mass is 32.2. The van der Waals surface area contributed by atoms with Crippen LogP contribution in [0.4, 0.5) is 5.69 Å². The third kappa shape index (κ3) is 4.96. The summed E-state index contributed by atoms with van der Waals surface area (Å²) in [6, 6.07) is 20.4. The molecule has 1 N–H and O–H groups in total. The molecular weight excluding hydrogens is 478 g/mol. The highest BCUT2D eigenvalue weighted by Gasteiger charge is 2.23. The summed E-state index contributed by atoms with van der Waals surface area (Å²) in [4.78, 5) is 30.6. The van der Waals surface area contributed by atoms with E-state index in [1.165, 1.54) is 36.3 Å². The zero-order chi connectivity index (χ0) is 25.9. The average Bonchev–Trinajstić information content (AvgIpc) is 2.89. The van der Waals surface area contributed by atoms with Crippen LogP contribution in [0.25, 0.3) is 10.9 Å². The van der Waals surface area contributed by atoms with Gasteiger partial charge in [-0.2, -0.15) is 0 Å². The molecular formula is C27H27N3O5S. The molecule has 0 aliphatic rings. The number of anilines is 1. The summed E-state index contributed by atoms with van der Waals surface area (Å²) in [5.41, 5.74) is 1.21. The Kier molecular flexibility index (Phi) is 7.12. The number of aromatic amines is 1. The van der Waals surface area contributed by atoms with Crippen molar-refractivity contribution in [1.29, 1.82) is 0 Å². The first-order valence-electron chi connectivity index (χ1n) is 11.4. The monoisotopic (exact) mass is 505 g/mol. The number of pyridine rings is 1. The molecule has 0 saturated heterocycles. The van der Waals surface area contributed by atoms with Gasteiger partial charge in [0.2, 0.25) is 5.43 Å². The molecule has 1 amide bonds. The third-order valence-corrected chi connectivity index (χ3v) is 7.64. The van der Waals surface area contributed by atoms with Gasteiger partial charge in [-0.25, -0.2) is 8.42 Å². The maximum Gasteiger partial charge on any atom is 0.264 e. The first kappa shape index (κ1) is 25.0. The SMILES string of the molecule is CCOc1ccc(N(C)S(=O)(=O)c2ccc3[nH]cc(C(=O)N(C)Cc4ccccc4)c(=O)c3c2)cc1. The minimum atomic E-state index is -3.97. The van der Waals surface area contributed by atoms with E-state index in [0.29, 0.717) is 30.1 Å². The van der Waals surface area contributed by atoms with Gasteiger partial charge in [0.1, 0.15) is 11.3 Å². The third-order valence-electron chi connectivity index (χ3n) is 5.86. The first-order valence-corrected chi connectivity index (χ1v) is 12.8. The number of hydrogen-bond donors (Lipinski definition) is 1. The molecule has 8 nitrogen and oxygen atoms in total. The van der Waals surface area contributed by atoms with E-state index < -0.39 is 21.4 Å². The number of H-pyrrole nitrogens is 1. The topological polar surface area (TPSA) is 99.8 Å². The van der Waals surface area contributed by atoms with Gasteiger partial charge in [-0.1, -0.05) is 30.3 Å². The van der Waals surface area contributed by atoms with Crippen LogP contribution in [0.1, 0.15) is 22.8 Å². The lowest BCUT2D eigenvalue weighted by Gasteiger charge is -2.20. The van der Waals surface area contributed by atoms with Crippen molar-refractivity contribution in [2.75, 3.05) is 25.0 Å². The first-order chi connectivity index (χ1) is 17.2. The summed E-state index contributed by atoms with van der Waals surface area (Å²) in [5, 5.41) is 0.120. The van der Waals surface area contributed by atoms with Crippen LogP contribution in [0.5, 0.6) is 5.75 Å². The largest absolute Gasteiger partial charge is 0.494 e. The number of fused-ring (bicyclic) bond motifs is 1. The van der Waals surface area contributed by atoms with Crippen molar-refractivity contribution in [1.82, 2.24) is 9.88 Å². The van der Waals surface area contributed by atoms with E-state index in [4.69, 9.17) is 4.74 Å². The summed E-state index contributed by atoms with van der Waals surface area (Å²) in [6.07, 6.45) is 1.37. The maximum atomic E-state index is 13.3. The van der Waals surface area contributed by atoms with E-state index in [0.717, 1.165) is 9.87 Å². The van der Waals surface area contributed by atoms with Gasteiger partial charge < -0.3 is 14.6 Å². The highest BCUT2D eigenvalue weighted by Crippen LogP contribution is 2.26. The number of benzene rings is 3. The van der Waals surface area contributed by atoms with Crippen LogP contribution in [0.3, 0.4) is 0 Å². The molecule has 186 valence electrons. The van der Waals surface area contributed by atoms with Crippen molar-refractivity contribution in [3.8, 4) is 5.75 Å². The fourth-order valence-corrected chi connectivity index (χ4v) is 5.09. The van der Waals surface area contributed by atoms with Crippen molar-refractivity contribution in [2.45, 2.75) is 18.4 Å². The lowest BCUT2D eigenvalue weighted by molar-refractivity contribution is 0.0783. The van der Waals surface area contributed by atoms with E-state index >= 15 is 0 Å². The molecule has 3 aromatic carbocycles. The molecule has 0 spiro atoms.